The van der Waals surface area contributed by atoms with Crippen molar-refractivity contribution in [3.05, 3.63) is 71.4 Å². The highest BCUT2D eigenvalue weighted by Gasteiger charge is 2.32. The fraction of sp³-hybridized carbons (Fsp3) is 0.469. The molecule has 45 heavy (non-hydrogen) atoms. The lowest BCUT2D eigenvalue weighted by atomic mass is 10.0. The molecule has 0 unspecified atom stereocenters. The number of likely N-dealkylation sites (N-methyl/N-ethyl adjacent to an activating group) is 1. The molecular weight excluding hydrogens is 617 g/mol. The van der Waals surface area contributed by atoms with Crippen LogP contribution in [0.2, 0.25) is 0 Å². The van der Waals surface area contributed by atoms with E-state index in [0.717, 1.165) is 24.2 Å². The number of amides is 2. The van der Waals surface area contributed by atoms with Crippen molar-refractivity contribution in [1.82, 2.24) is 14.2 Å². The first kappa shape index (κ1) is 34.5. The lowest BCUT2D eigenvalue weighted by Crippen LogP contribution is -2.48. The average Bonchev–Trinajstić information content (AvgIpc) is 3.59. The molecule has 3 heterocycles. The Kier molecular flexibility index (Phi) is 12.1. The van der Waals surface area contributed by atoms with E-state index >= 15 is 0 Å². The van der Waals surface area contributed by atoms with E-state index in [-0.39, 0.29) is 53.3 Å². The number of sulfonamides is 1. The molecule has 4 rings (SSSR count). The van der Waals surface area contributed by atoms with Gasteiger partial charge in [-0.15, -0.1) is 11.3 Å². The van der Waals surface area contributed by atoms with Gasteiger partial charge in [0.2, 0.25) is 0 Å². The van der Waals surface area contributed by atoms with E-state index in [4.69, 9.17) is 9.47 Å². The SMILES string of the molecule is C[C@@H]1CCCCO[C@H](CN(C)S(=O)(=O)c2cccs2)[C@@H](C)CN([C@@H](C)CO)C(=O)c2cc(NC(=O)c3ccncc3)ccc2O1. The summed E-state index contributed by atoms with van der Waals surface area (Å²) in [6.07, 6.45) is 4.59. The van der Waals surface area contributed by atoms with Gasteiger partial charge in [0.25, 0.3) is 21.8 Å². The van der Waals surface area contributed by atoms with Crippen LogP contribution in [0.3, 0.4) is 0 Å². The minimum atomic E-state index is -3.71. The number of nitrogens with zero attached hydrogens (tertiary/aromatic N) is 3. The van der Waals surface area contributed by atoms with E-state index in [1.165, 1.54) is 23.7 Å². The molecule has 2 N–H and O–H groups in total. The predicted octanol–water partition coefficient (Wildman–Crippen LogP) is 4.51. The molecule has 0 fully saturated rings. The van der Waals surface area contributed by atoms with Gasteiger partial charge in [0.15, 0.2) is 0 Å². The largest absolute Gasteiger partial charge is 0.490 e. The molecule has 0 aliphatic carbocycles. The Morgan fingerprint density at radius 2 is 1.96 bits per heavy atom. The Morgan fingerprint density at radius 3 is 2.64 bits per heavy atom. The van der Waals surface area contributed by atoms with Gasteiger partial charge in [-0.05, 0) is 74.9 Å². The number of fused-ring (bicyclic) bond motifs is 1. The maximum atomic E-state index is 14.3. The smallest absolute Gasteiger partial charge is 0.258 e. The number of nitrogens with one attached hydrogen (secondary N) is 1. The van der Waals surface area contributed by atoms with Gasteiger partial charge in [-0.2, -0.15) is 4.31 Å². The first-order valence-corrected chi connectivity index (χ1v) is 17.4. The standard InChI is InChI=1S/C32H42N4O7S2/c1-22-19-36(23(2)21-37)32(39)27-18-26(34-31(38)25-12-14-33-15-13-25)10-11-28(27)43-24(3)8-5-6-16-42-29(22)20-35(4)45(40,41)30-9-7-17-44-30/h7,9-15,17-18,22-24,29,37H,5-6,8,16,19-21H2,1-4H3,(H,34,38)/t22-,23-,24+,29+/m0/s1. The molecule has 0 saturated carbocycles. The Bertz CT molecular complexity index is 1520. The molecule has 0 bridgehead atoms. The van der Waals surface area contributed by atoms with E-state index in [2.05, 4.69) is 10.3 Å². The normalized spacial score (nSPS) is 21.0. The summed E-state index contributed by atoms with van der Waals surface area (Å²) in [5.41, 5.74) is 1.07. The molecular formula is C32H42N4O7S2. The topological polar surface area (TPSA) is 138 Å². The van der Waals surface area contributed by atoms with Crippen molar-refractivity contribution < 1.29 is 32.6 Å². The number of anilines is 1. The minimum absolute atomic E-state index is 0.0955. The number of aliphatic hydroxyl groups is 1. The van der Waals surface area contributed by atoms with Crippen LogP contribution in [-0.4, -0.2) is 91.1 Å². The molecule has 1 aromatic carbocycles. The predicted molar refractivity (Wildman–Crippen MR) is 173 cm³/mol. The van der Waals surface area contributed by atoms with Gasteiger partial charge in [-0.1, -0.05) is 13.0 Å². The fourth-order valence-electron chi connectivity index (χ4n) is 5.08. The number of rotatable bonds is 8. The molecule has 2 aromatic heterocycles. The number of ether oxygens (including phenoxy) is 2. The van der Waals surface area contributed by atoms with Gasteiger partial charge in [-0.25, -0.2) is 8.42 Å². The highest BCUT2D eigenvalue weighted by atomic mass is 32.2. The molecule has 4 atom stereocenters. The molecule has 13 heteroatoms. The molecule has 11 nitrogen and oxygen atoms in total. The molecule has 3 aromatic rings. The van der Waals surface area contributed by atoms with E-state index in [1.54, 1.807) is 59.7 Å². The maximum Gasteiger partial charge on any atom is 0.258 e. The Labute approximate surface area is 269 Å². The number of benzene rings is 1. The second-order valence-electron chi connectivity index (χ2n) is 11.4. The average molecular weight is 659 g/mol. The van der Waals surface area contributed by atoms with Crippen molar-refractivity contribution in [3.63, 3.8) is 0 Å². The number of hydrogen-bond donors (Lipinski definition) is 2. The van der Waals surface area contributed by atoms with E-state index < -0.39 is 22.2 Å². The zero-order valence-electron chi connectivity index (χ0n) is 26.1. The second kappa shape index (κ2) is 15.8. The summed E-state index contributed by atoms with van der Waals surface area (Å²) >= 11 is 1.16. The van der Waals surface area contributed by atoms with Crippen molar-refractivity contribution in [1.29, 1.82) is 0 Å². The van der Waals surface area contributed by atoms with Crippen molar-refractivity contribution >= 4 is 38.9 Å². The summed E-state index contributed by atoms with van der Waals surface area (Å²) in [5.74, 6) is -0.662. The maximum absolute atomic E-state index is 14.3. The molecule has 0 radical (unpaired) electrons. The summed E-state index contributed by atoms with van der Waals surface area (Å²) in [6, 6.07) is 10.9. The van der Waals surface area contributed by atoms with Crippen LogP contribution in [0.4, 0.5) is 5.69 Å². The van der Waals surface area contributed by atoms with Crippen LogP contribution in [0.15, 0.2) is 64.4 Å². The highest BCUT2D eigenvalue weighted by Crippen LogP contribution is 2.29. The third kappa shape index (κ3) is 8.88. The third-order valence-electron chi connectivity index (χ3n) is 7.85. The molecule has 244 valence electrons. The fourth-order valence-corrected chi connectivity index (χ4v) is 7.47. The van der Waals surface area contributed by atoms with Crippen molar-refractivity contribution in [2.45, 2.75) is 62.5 Å². The van der Waals surface area contributed by atoms with Crippen LogP contribution in [0.25, 0.3) is 0 Å². The molecule has 2 amide bonds. The van der Waals surface area contributed by atoms with Crippen LogP contribution in [0.5, 0.6) is 5.75 Å². The van der Waals surface area contributed by atoms with Gasteiger partial charge >= 0.3 is 0 Å². The lowest BCUT2D eigenvalue weighted by molar-refractivity contribution is -0.00832. The summed E-state index contributed by atoms with van der Waals surface area (Å²) < 4.78 is 40.5. The minimum Gasteiger partial charge on any atom is -0.490 e. The number of pyridine rings is 1. The van der Waals surface area contributed by atoms with Gasteiger partial charge in [0.1, 0.15) is 9.96 Å². The second-order valence-corrected chi connectivity index (χ2v) is 14.6. The number of carbonyl (C=O) groups is 2. The summed E-state index contributed by atoms with van der Waals surface area (Å²) in [5, 5.41) is 14.7. The molecule has 0 saturated heterocycles. The van der Waals surface area contributed by atoms with Gasteiger partial charge < -0.3 is 24.8 Å². The first-order chi connectivity index (χ1) is 21.5. The van der Waals surface area contributed by atoms with E-state index in [1.807, 2.05) is 13.8 Å². The van der Waals surface area contributed by atoms with E-state index in [0.29, 0.717) is 30.0 Å². The van der Waals surface area contributed by atoms with Gasteiger partial charge in [0, 0.05) is 56.3 Å². The zero-order valence-corrected chi connectivity index (χ0v) is 27.7. The van der Waals surface area contributed by atoms with Crippen LogP contribution >= 0.6 is 11.3 Å². The number of aromatic nitrogens is 1. The third-order valence-corrected chi connectivity index (χ3v) is 11.0. The monoisotopic (exact) mass is 658 g/mol. The molecule has 0 spiro atoms. The quantitative estimate of drug-likeness (QED) is 0.361. The summed E-state index contributed by atoms with van der Waals surface area (Å²) in [7, 11) is -2.18. The van der Waals surface area contributed by atoms with Crippen LogP contribution in [0, 0.1) is 5.92 Å². The lowest BCUT2D eigenvalue weighted by Gasteiger charge is -2.35. The van der Waals surface area contributed by atoms with Crippen LogP contribution in [-0.2, 0) is 14.8 Å². The van der Waals surface area contributed by atoms with Gasteiger partial charge in [-0.3, -0.25) is 14.6 Å². The summed E-state index contributed by atoms with van der Waals surface area (Å²) in [6.45, 7) is 6.01. The summed E-state index contributed by atoms with van der Waals surface area (Å²) in [4.78, 5) is 32.7. The highest BCUT2D eigenvalue weighted by molar-refractivity contribution is 7.91. The van der Waals surface area contributed by atoms with Gasteiger partial charge in [0.05, 0.1) is 30.4 Å². The number of carbonyl (C=O) groups excluding carboxylic acids is 2. The van der Waals surface area contributed by atoms with E-state index in [9.17, 15) is 23.1 Å². The Hall–Kier alpha value is -3.36. The number of hydrogen-bond acceptors (Lipinski definition) is 9. The zero-order chi connectivity index (χ0) is 32.6. The van der Waals surface area contributed by atoms with Crippen molar-refractivity contribution in [2.75, 3.05) is 38.7 Å². The van der Waals surface area contributed by atoms with Crippen LogP contribution < -0.4 is 10.1 Å². The van der Waals surface area contributed by atoms with Crippen molar-refractivity contribution in [2.24, 2.45) is 5.92 Å². The van der Waals surface area contributed by atoms with Crippen molar-refractivity contribution in [3.8, 4) is 5.75 Å². The Balaban J connectivity index is 1.65. The van der Waals surface area contributed by atoms with Crippen LogP contribution in [0.1, 0.15) is 60.7 Å². The Morgan fingerprint density at radius 1 is 1.20 bits per heavy atom. The number of aliphatic hydroxyl groups excluding tert-OH is 1. The first-order valence-electron chi connectivity index (χ1n) is 15.1. The molecule has 1 aliphatic rings. The number of thiophene rings is 1. The molecule has 1 aliphatic heterocycles.